The number of amides is 1. The van der Waals surface area contributed by atoms with Crippen LogP contribution in [0.5, 0.6) is 0 Å². The molecule has 2 aliphatic heterocycles. The maximum Gasteiger partial charge on any atom is 0.227 e. The molecule has 132 valence electrons. The number of likely N-dealkylation sites (tertiary alicyclic amines) is 1. The van der Waals surface area contributed by atoms with Gasteiger partial charge in [-0.25, -0.2) is 4.98 Å². The highest BCUT2D eigenvalue weighted by atomic mass is 16.5. The third-order valence-electron chi connectivity index (χ3n) is 5.57. The summed E-state index contributed by atoms with van der Waals surface area (Å²) >= 11 is 0. The van der Waals surface area contributed by atoms with Crippen LogP contribution in [0.25, 0.3) is 0 Å². The molecular formula is C18H23N5O2. The topological polar surface area (TPSA) is 75.4 Å². The summed E-state index contributed by atoms with van der Waals surface area (Å²) in [6.07, 6.45) is 7.76. The quantitative estimate of drug-likeness (QED) is 0.847. The van der Waals surface area contributed by atoms with Crippen molar-refractivity contribution in [3.63, 3.8) is 0 Å². The van der Waals surface area contributed by atoms with Gasteiger partial charge in [0, 0.05) is 37.6 Å². The molecule has 0 aliphatic carbocycles. The summed E-state index contributed by atoms with van der Waals surface area (Å²) in [6.45, 7) is 6.41. The van der Waals surface area contributed by atoms with Crippen LogP contribution in [0, 0.1) is 19.8 Å². The smallest absolute Gasteiger partial charge is 0.227 e. The molecule has 2 atom stereocenters. The Kier molecular flexibility index (Phi) is 4.15. The van der Waals surface area contributed by atoms with Gasteiger partial charge >= 0.3 is 0 Å². The standard InChI is InChI=1S/C18H23N5O2/c1-12-15(13(2)25-21-12)9-18(24)23-8-4-14-3-7-22(11-16(14)23)17-10-19-5-6-20-17/h5-6,10,14,16H,3-4,7-9,11H2,1-2H3. The van der Waals surface area contributed by atoms with E-state index in [4.69, 9.17) is 4.52 Å². The number of rotatable bonds is 3. The largest absolute Gasteiger partial charge is 0.361 e. The van der Waals surface area contributed by atoms with Crippen molar-refractivity contribution in [3.05, 3.63) is 35.6 Å². The summed E-state index contributed by atoms with van der Waals surface area (Å²) in [5.74, 6) is 2.39. The minimum atomic E-state index is 0.169. The fraction of sp³-hybridized carbons (Fsp3) is 0.556. The SMILES string of the molecule is Cc1noc(C)c1CC(=O)N1CCC2CCN(c3cnccn3)CC21. The van der Waals surface area contributed by atoms with E-state index >= 15 is 0 Å². The normalized spacial score (nSPS) is 23.0. The lowest BCUT2D eigenvalue weighted by atomic mass is 9.92. The number of piperidine rings is 1. The molecule has 0 radical (unpaired) electrons. The zero-order valence-electron chi connectivity index (χ0n) is 14.7. The zero-order valence-corrected chi connectivity index (χ0v) is 14.7. The summed E-state index contributed by atoms with van der Waals surface area (Å²) in [5, 5.41) is 3.96. The van der Waals surface area contributed by atoms with Crippen molar-refractivity contribution in [2.45, 2.75) is 39.2 Å². The van der Waals surface area contributed by atoms with Crippen LogP contribution in [0.1, 0.15) is 29.9 Å². The Bertz CT molecular complexity index is 741. The second-order valence-corrected chi connectivity index (χ2v) is 6.98. The number of carbonyl (C=O) groups excluding carboxylic acids is 1. The van der Waals surface area contributed by atoms with Crippen LogP contribution in [-0.2, 0) is 11.2 Å². The Hall–Kier alpha value is -2.44. The number of anilines is 1. The lowest BCUT2D eigenvalue weighted by Gasteiger charge is -2.38. The summed E-state index contributed by atoms with van der Waals surface area (Å²) in [4.78, 5) is 25.8. The van der Waals surface area contributed by atoms with E-state index < -0.39 is 0 Å². The van der Waals surface area contributed by atoms with Gasteiger partial charge in [0.2, 0.25) is 5.91 Å². The molecule has 0 spiro atoms. The van der Waals surface area contributed by atoms with Crippen LogP contribution in [-0.4, -0.2) is 51.6 Å². The summed E-state index contributed by atoms with van der Waals surface area (Å²) in [7, 11) is 0. The first-order chi connectivity index (χ1) is 12.1. The van der Waals surface area contributed by atoms with E-state index in [1.807, 2.05) is 13.8 Å². The van der Waals surface area contributed by atoms with Crippen molar-refractivity contribution in [2.24, 2.45) is 5.92 Å². The maximum atomic E-state index is 12.9. The van der Waals surface area contributed by atoms with E-state index in [1.165, 1.54) is 0 Å². The van der Waals surface area contributed by atoms with Crippen LogP contribution >= 0.6 is 0 Å². The Morgan fingerprint density at radius 2 is 2.12 bits per heavy atom. The average molecular weight is 341 g/mol. The van der Waals surface area contributed by atoms with E-state index in [2.05, 4.69) is 24.9 Å². The summed E-state index contributed by atoms with van der Waals surface area (Å²) in [6, 6.07) is 0.253. The number of carbonyl (C=O) groups is 1. The van der Waals surface area contributed by atoms with Crippen molar-refractivity contribution in [1.29, 1.82) is 0 Å². The predicted molar refractivity (Wildman–Crippen MR) is 92.2 cm³/mol. The number of aromatic nitrogens is 3. The van der Waals surface area contributed by atoms with Crippen molar-refractivity contribution < 1.29 is 9.32 Å². The summed E-state index contributed by atoms with van der Waals surface area (Å²) < 4.78 is 5.20. The van der Waals surface area contributed by atoms with Gasteiger partial charge < -0.3 is 14.3 Å². The molecule has 2 fully saturated rings. The number of hydrogen-bond acceptors (Lipinski definition) is 6. The van der Waals surface area contributed by atoms with Crippen LogP contribution in [0.15, 0.2) is 23.1 Å². The molecule has 0 N–H and O–H groups in total. The van der Waals surface area contributed by atoms with Gasteiger partial charge in [-0.3, -0.25) is 9.78 Å². The number of fused-ring (bicyclic) bond motifs is 1. The highest BCUT2D eigenvalue weighted by molar-refractivity contribution is 5.80. The van der Waals surface area contributed by atoms with E-state index in [9.17, 15) is 4.79 Å². The lowest BCUT2D eigenvalue weighted by Crippen LogP contribution is -2.50. The number of hydrogen-bond donors (Lipinski definition) is 0. The molecule has 0 aromatic carbocycles. The van der Waals surface area contributed by atoms with Crippen molar-refractivity contribution in [1.82, 2.24) is 20.0 Å². The predicted octanol–water partition coefficient (Wildman–Crippen LogP) is 1.75. The molecule has 0 saturated carbocycles. The molecule has 4 heterocycles. The van der Waals surface area contributed by atoms with Crippen molar-refractivity contribution >= 4 is 11.7 Å². The Morgan fingerprint density at radius 3 is 2.84 bits per heavy atom. The highest BCUT2D eigenvalue weighted by Gasteiger charge is 2.41. The van der Waals surface area contributed by atoms with Crippen LogP contribution in [0.2, 0.25) is 0 Å². The van der Waals surface area contributed by atoms with Gasteiger partial charge in [-0.05, 0) is 32.6 Å². The highest BCUT2D eigenvalue weighted by Crippen LogP contribution is 2.33. The van der Waals surface area contributed by atoms with Gasteiger partial charge in [0.15, 0.2) is 0 Å². The molecule has 2 saturated heterocycles. The molecule has 2 aromatic heterocycles. The fourth-order valence-corrected chi connectivity index (χ4v) is 4.12. The minimum Gasteiger partial charge on any atom is -0.361 e. The Morgan fingerprint density at radius 1 is 1.28 bits per heavy atom. The number of nitrogens with zero attached hydrogens (tertiary/aromatic N) is 5. The average Bonchev–Trinajstić information content (AvgIpc) is 3.20. The fourth-order valence-electron chi connectivity index (χ4n) is 4.12. The molecule has 7 nitrogen and oxygen atoms in total. The van der Waals surface area contributed by atoms with E-state index in [0.717, 1.165) is 55.3 Å². The second kappa shape index (κ2) is 6.46. The molecule has 1 amide bonds. The minimum absolute atomic E-state index is 0.169. The molecule has 2 aromatic rings. The molecule has 2 aliphatic rings. The summed E-state index contributed by atoms with van der Waals surface area (Å²) in [5.41, 5.74) is 1.74. The van der Waals surface area contributed by atoms with Gasteiger partial charge in [0.25, 0.3) is 0 Å². The third kappa shape index (κ3) is 2.99. The van der Waals surface area contributed by atoms with Crippen molar-refractivity contribution in [3.8, 4) is 0 Å². The first-order valence-electron chi connectivity index (χ1n) is 8.85. The molecule has 4 rings (SSSR count). The third-order valence-corrected chi connectivity index (χ3v) is 5.57. The van der Waals surface area contributed by atoms with Gasteiger partial charge in [0.05, 0.1) is 24.4 Å². The van der Waals surface area contributed by atoms with E-state index in [-0.39, 0.29) is 11.9 Å². The maximum absolute atomic E-state index is 12.9. The van der Waals surface area contributed by atoms with Crippen LogP contribution < -0.4 is 4.90 Å². The Labute approximate surface area is 147 Å². The van der Waals surface area contributed by atoms with Gasteiger partial charge in [-0.15, -0.1) is 0 Å². The van der Waals surface area contributed by atoms with E-state index in [0.29, 0.717) is 12.3 Å². The van der Waals surface area contributed by atoms with Gasteiger partial charge in [0.1, 0.15) is 11.6 Å². The Balaban J connectivity index is 1.48. The number of aryl methyl sites for hydroxylation is 2. The van der Waals surface area contributed by atoms with Crippen molar-refractivity contribution in [2.75, 3.05) is 24.5 Å². The van der Waals surface area contributed by atoms with Crippen LogP contribution in [0.4, 0.5) is 5.82 Å². The molecule has 7 heteroatoms. The van der Waals surface area contributed by atoms with E-state index in [1.54, 1.807) is 18.6 Å². The molecular weight excluding hydrogens is 318 g/mol. The molecule has 2 unspecified atom stereocenters. The zero-order chi connectivity index (χ0) is 17.4. The molecule has 0 bridgehead atoms. The molecule has 25 heavy (non-hydrogen) atoms. The first kappa shape index (κ1) is 16.1. The van der Waals surface area contributed by atoms with Crippen LogP contribution in [0.3, 0.4) is 0 Å². The first-order valence-corrected chi connectivity index (χ1v) is 8.85. The lowest BCUT2D eigenvalue weighted by molar-refractivity contribution is -0.131. The monoisotopic (exact) mass is 341 g/mol. The second-order valence-electron chi connectivity index (χ2n) is 6.98. The van der Waals surface area contributed by atoms with Gasteiger partial charge in [-0.2, -0.15) is 0 Å². The van der Waals surface area contributed by atoms with Gasteiger partial charge in [-0.1, -0.05) is 5.16 Å².